The Kier molecular flexibility index (Phi) is 6.14. The van der Waals surface area contributed by atoms with Crippen LogP contribution in [0.4, 0.5) is 5.69 Å². The molecule has 0 saturated carbocycles. The van der Waals surface area contributed by atoms with Crippen LogP contribution in [0.25, 0.3) is 0 Å². The fraction of sp³-hybridized carbons (Fsp3) is 0.550. The van der Waals surface area contributed by atoms with Crippen molar-refractivity contribution in [3.05, 3.63) is 29.8 Å². The first-order valence-electron chi connectivity index (χ1n) is 10.1. The first kappa shape index (κ1) is 19.5. The maximum Gasteiger partial charge on any atom is 0.196 e. The van der Waals surface area contributed by atoms with Gasteiger partial charge in [-0.05, 0) is 31.9 Å². The van der Waals surface area contributed by atoms with Crippen molar-refractivity contribution in [2.24, 2.45) is 12.0 Å². The molecule has 2 aliphatic rings. The number of anilines is 1. The van der Waals surface area contributed by atoms with Crippen LogP contribution in [0.1, 0.15) is 30.9 Å². The molecule has 9 heteroatoms. The molecule has 4 rings (SSSR count). The second-order valence-corrected chi connectivity index (χ2v) is 7.24. The van der Waals surface area contributed by atoms with Crippen LogP contribution in [0, 0.1) is 6.92 Å². The molecule has 1 aromatic heterocycles. The molecule has 0 amide bonds. The van der Waals surface area contributed by atoms with Crippen LogP contribution >= 0.6 is 0 Å². The van der Waals surface area contributed by atoms with Gasteiger partial charge in [0, 0.05) is 38.4 Å². The lowest BCUT2D eigenvalue weighted by Gasteiger charge is -2.16. The molecule has 2 aromatic rings. The number of aliphatic imine (C=N–C) groups is 1. The molecule has 3 heterocycles. The van der Waals surface area contributed by atoms with Gasteiger partial charge in [0.25, 0.3) is 0 Å². The van der Waals surface area contributed by atoms with Crippen LogP contribution in [0.3, 0.4) is 0 Å². The lowest BCUT2D eigenvalue weighted by Crippen LogP contribution is -2.36. The molecule has 1 unspecified atom stereocenters. The maximum absolute atomic E-state index is 5.79. The Bertz CT molecular complexity index is 860. The van der Waals surface area contributed by atoms with Gasteiger partial charge in [-0.1, -0.05) is 0 Å². The number of rotatable bonds is 5. The normalized spacial score (nSPS) is 19.1. The number of hydrogen-bond acceptors (Lipinski definition) is 6. The summed E-state index contributed by atoms with van der Waals surface area (Å²) in [5.41, 5.74) is 0.877. The third-order valence-corrected chi connectivity index (χ3v) is 5.09. The number of benzene rings is 1. The van der Waals surface area contributed by atoms with Gasteiger partial charge in [0.1, 0.15) is 12.4 Å². The van der Waals surface area contributed by atoms with E-state index < -0.39 is 0 Å². The molecule has 0 aliphatic carbocycles. The van der Waals surface area contributed by atoms with E-state index in [1.165, 1.54) is 0 Å². The van der Waals surface area contributed by atoms with Gasteiger partial charge >= 0.3 is 0 Å². The summed E-state index contributed by atoms with van der Waals surface area (Å²) in [6.07, 6.45) is 3.26. The SMILES string of the molecule is Cc1nnc(CN=C(NCC2CCCO2)Nc2ccc3c(c2)OCCCO3)n1C. The fourth-order valence-electron chi connectivity index (χ4n) is 3.27. The van der Waals surface area contributed by atoms with E-state index in [2.05, 4.69) is 20.8 Å². The van der Waals surface area contributed by atoms with Crippen LogP contribution in [0.2, 0.25) is 0 Å². The highest BCUT2D eigenvalue weighted by Gasteiger charge is 2.17. The van der Waals surface area contributed by atoms with E-state index in [4.69, 9.17) is 19.2 Å². The van der Waals surface area contributed by atoms with Crippen LogP contribution in [-0.4, -0.2) is 53.2 Å². The first-order valence-corrected chi connectivity index (χ1v) is 10.1. The highest BCUT2D eigenvalue weighted by Crippen LogP contribution is 2.32. The summed E-state index contributed by atoms with van der Waals surface area (Å²) in [4.78, 5) is 4.70. The fourth-order valence-corrected chi connectivity index (χ4v) is 3.27. The minimum absolute atomic E-state index is 0.211. The van der Waals surface area contributed by atoms with Gasteiger partial charge in [-0.15, -0.1) is 10.2 Å². The third kappa shape index (κ3) is 4.97. The van der Waals surface area contributed by atoms with Gasteiger partial charge in [0.2, 0.25) is 0 Å². The van der Waals surface area contributed by atoms with Crippen molar-refractivity contribution in [3.63, 3.8) is 0 Å². The Morgan fingerprint density at radius 1 is 1.17 bits per heavy atom. The zero-order valence-electron chi connectivity index (χ0n) is 17.0. The molecule has 2 N–H and O–H groups in total. The number of ether oxygens (including phenoxy) is 3. The molecule has 0 radical (unpaired) electrons. The molecule has 1 atom stereocenters. The van der Waals surface area contributed by atoms with E-state index in [0.717, 1.165) is 54.7 Å². The number of nitrogens with zero attached hydrogens (tertiary/aromatic N) is 4. The van der Waals surface area contributed by atoms with Gasteiger partial charge in [0.15, 0.2) is 23.3 Å². The van der Waals surface area contributed by atoms with Crippen molar-refractivity contribution < 1.29 is 14.2 Å². The molecular weight excluding hydrogens is 372 g/mol. The lowest BCUT2D eigenvalue weighted by atomic mass is 10.2. The summed E-state index contributed by atoms with van der Waals surface area (Å²) in [5, 5.41) is 15.0. The van der Waals surface area contributed by atoms with Crippen molar-refractivity contribution in [1.29, 1.82) is 0 Å². The number of guanidine groups is 1. The monoisotopic (exact) mass is 400 g/mol. The Hall–Kier alpha value is -2.81. The molecule has 9 nitrogen and oxygen atoms in total. The summed E-state index contributed by atoms with van der Waals surface area (Å²) in [6.45, 7) is 5.20. The molecule has 0 spiro atoms. The highest BCUT2D eigenvalue weighted by molar-refractivity contribution is 5.94. The van der Waals surface area contributed by atoms with Crippen LogP contribution < -0.4 is 20.1 Å². The summed E-state index contributed by atoms with van der Waals surface area (Å²) < 4.78 is 19.2. The average Bonchev–Trinajstić information content (AvgIpc) is 3.28. The van der Waals surface area contributed by atoms with Crippen molar-refractivity contribution in [2.45, 2.75) is 38.8 Å². The van der Waals surface area contributed by atoms with Gasteiger partial charge in [0.05, 0.1) is 19.3 Å². The summed E-state index contributed by atoms with van der Waals surface area (Å²) in [6, 6.07) is 5.83. The lowest BCUT2D eigenvalue weighted by molar-refractivity contribution is 0.114. The van der Waals surface area contributed by atoms with Gasteiger partial charge in [-0.3, -0.25) is 0 Å². The Morgan fingerprint density at radius 3 is 2.79 bits per heavy atom. The summed E-state index contributed by atoms with van der Waals surface area (Å²) in [5.74, 6) is 3.85. The molecule has 1 aromatic carbocycles. The van der Waals surface area contributed by atoms with E-state index in [1.807, 2.05) is 36.7 Å². The number of nitrogens with one attached hydrogen (secondary N) is 2. The summed E-state index contributed by atoms with van der Waals surface area (Å²) >= 11 is 0. The number of aromatic nitrogens is 3. The molecule has 1 fully saturated rings. The zero-order valence-corrected chi connectivity index (χ0v) is 17.0. The van der Waals surface area contributed by atoms with Crippen molar-refractivity contribution >= 4 is 11.6 Å². The molecule has 2 aliphatic heterocycles. The van der Waals surface area contributed by atoms with E-state index in [0.29, 0.717) is 32.3 Å². The second kappa shape index (κ2) is 9.13. The predicted molar refractivity (Wildman–Crippen MR) is 110 cm³/mol. The Balaban J connectivity index is 1.48. The predicted octanol–water partition coefficient (Wildman–Crippen LogP) is 2.02. The number of hydrogen-bond donors (Lipinski definition) is 2. The van der Waals surface area contributed by atoms with Crippen LogP contribution in [0.15, 0.2) is 23.2 Å². The number of fused-ring (bicyclic) bond motifs is 1. The molecule has 29 heavy (non-hydrogen) atoms. The Morgan fingerprint density at radius 2 is 2.03 bits per heavy atom. The smallest absolute Gasteiger partial charge is 0.196 e. The largest absolute Gasteiger partial charge is 0.490 e. The Labute approximate surface area is 170 Å². The highest BCUT2D eigenvalue weighted by atomic mass is 16.5. The van der Waals surface area contributed by atoms with Gasteiger partial charge in [-0.2, -0.15) is 0 Å². The zero-order chi connectivity index (χ0) is 20.1. The molecule has 0 bridgehead atoms. The standard InChI is InChI=1S/C20H28N6O3/c1-14-24-25-19(26(14)2)13-22-20(21-12-16-5-3-8-27-16)23-15-6-7-17-18(11-15)29-10-4-9-28-17/h6-7,11,16H,3-5,8-10,12-13H2,1-2H3,(H2,21,22,23). The molecule has 156 valence electrons. The van der Waals surface area contributed by atoms with Gasteiger partial charge in [-0.25, -0.2) is 4.99 Å². The molecule has 1 saturated heterocycles. The van der Waals surface area contributed by atoms with Crippen LogP contribution in [0.5, 0.6) is 11.5 Å². The quantitative estimate of drug-likeness (QED) is 0.586. The number of aryl methyl sites for hydroxylation is 1. The van der Waals surface area contributed by atoms with E-state index >= 15 is 0 Å². The minimum Gasteiger partial charge on any atom is -0.490 e. The minimum atomic E-state index is 0.211. The summed E-state index contributed by atoms with van der Waals surface area (Å²) in [7, 11) is 1.94. The third-order valence-electron chi connectivity index (χ3n) is 5.09. The van der Waals surface area contributed by atoms with Crippen LogP contribution in [-0.2, 0) is 18.3 Å². The van der Waals surface area contributed by atoms with Gasteiger partial charge < -0.3 is 29.4 Å². The van der Waals surface area contributed by atoms with E-state index in [-0.39, 0.29) is 6.10 Å². The first-order chi connectivity index (χ1) is 14.2. The van der Waals surface area contributed by atoms with E-state index in [9.17, 15) is 0 Å². The van der Waals surface area contributed by atoms with E-state index in [1.54, 1.807) is 0 Å². The molecular formula is C20H28N6O3. The van der Waals surface area contributed by atoms with Crippen molar-refractivity contribution in [3.8, 4) is 11.5 Å². The van der Waals surface area contributed by atoms with Crippen molar-refractivity contribution in [2.75, 3.05) is 31.7 Å². The topological polar surface area (TPSA) is 94.8 Å². The van der Waals surface area contributed by atoms with Crippen molar-refractivity contribution in [1.82, 2.24) is 20.1 Å². The average molecular weight is 400 g/mol. The second-order valence-electron chi connectivity index (χ2n) is 7.24. The maximum atomic E-state index is 5.79.